The monoisotopic (exact) mass is 260 g/mol. The molecule has 19 heavy (non-hydrogen) atoms. The SMILES string of the molecule is CCOc1cc(C=O)ccc1-c1cccc(F)c1O. The number of hydrogen-bond acceptors (Lipinski definition) is 3. The van der Waals surface area contributed by atoms with Gasteiger partial charge in [0, 0.05) is 16.7 Å². The van der Waals surface area contributed by atoms with Crippen molar-refractivity contribution in [2.75, 3.05) is 6.61 Å². The lowest BCUT2D eigenvalue weighted by atomic mass is 10.0. The summed E-state index contributed by atoms with van der Waals surface area (Å²) in [7, 11) is 0. The van der Waals surface area contributed by atoms with E-state index in [1.165, 1.54) is 12.1 Å². The summed E-state index contributed by atoms with van der Waals surface area (Å²) in [5, 5.41) is 9.77. The smallest absolute Gasteiger partial charge is 0.165 e. The molecule has 0 aliphatic rings. The zero-order valence-electron chi connectivity index (χ0n) is 10.4. The number of ether oxygens (including phenoxy) is 1. The average Bonchev–Trinajstić information content (AvgIpc) is 2.42. The average molecular weight is 260 g/mol. The summed E-state index contributed by atoms with van der Waals surface area (Å²) in [4.78, 5) is 10.8. The lowest BCUT2D eigenvalue weighted by molar-refractivity contribution is 0.112. The van der Waals surface area contributed by atoms with E-state index in [0.29, 0.717) is 35.3 Å². The summed E-state index contributed by atoms with van der Waals surface area (Å²) >= 11 is 0. The molecule has 2 rings (SSSR count). The van der Waals surface area contributed by atoms with E-state index >= 15 is 0 Å². The molecular formula is C15H13FO3. The van der Waals surface area contributed by atoms with Gasteiger partial charge in [0.15, 0.2) is 11.6 Å². The highest BCUT2D eigenvalue weighted by molar-refractivity contribution is 5.82. The zero-order chi connectivity index (χ0) is 13.8. The van der Waals surface area contributed by atoms with E-state index in [0.717, 1.165) is 0 Å². The van der Waals surface area contributed by atoms with Crippen LogP contribution in [0.25, 0.3) is 11.1 Å². The molecule has 2 aromatic carbocycles. The summed E-state index contributed by atoms with van der Waals surface area (Å²) in [5.41, 5.74) is 1.34. The molecule has 0 amide bonds. The second kappa shape index (κ2) is 5.52. The van der Waals surface area contributed by atoms with Gasteiger partial charge < -0.3 is 9.84 Å². The maximum Gasteiger partial charge on any atom is 0.165 e. The van der Waals surface area contributed by atoms with Crippen molar-refractivity contribution in [3.63, 3.8) is 0 Å². The van der Waals surface area contributed by atoms with Gasteiger partial charge in [0.05, 0.1) is 6.61 Å². The van der Waals surface area contributed by atoms with Crippen LogP contribution >= 0.6 is 0 Å². The normalized spacial score (nSPS) is 10.2. The predicted molar refractivity (Wildman–Crippen MR) is 70.1 cm³/mol. The topological polar surface area (TPSA) is 46.5 Å². The molecule has 2 aromatic rings. The maximum absolute atomic E-state index is 13.4. The lowest BCUT2D eigenvalue weighted by Crippen LogP contribution is -1.96. The van der Waals surface area contributed by atoms with Crippen LogP contribution in [-0.2, 0) is 0 Å². The second-order valence-corrected chi connectivity index (χ2v) is 3.94. The molecule has 0 bridgehead atoms. The third-order valence-electron chi connectivity index (χ3n) is 2.72. The van der Waals surface area contributed by atoms with Gasteiger partial charge in [-0.05, 0) is 25.1 Å². The first kappa shape index (κ1) is 13.1. The molecule has 0 radical (unpaired) electrons. The number of phenolic OH excluding ortho intramolecular Hbond substituents is 1. The van der Waals surface area contributed by atoms with Crippen LogP contribution in [0.3, 0.4) is 0 Å². The standard InChI is InChI=1S/C15H13FO3/c1-2-19-14-8-10(9-17)6-7-11(14)12-4-3-5-13(16)15(12)18/h3-9,18H,2H2,1H3. The van der Waals surface area contributed by atoms with Gasteiger partial charge in [-0.25, -0.2) is 4.39 Å². The summed E-state index contributed by atoms with van der Waals surface area (Å²) in [5.74, 6) is -0.685. The van der Waals surface area contributed by atoms with Crippen molar-refractivity contribution in [2.45, 2.75) is 6.92 Å². The molecule has 0 aliphatic carbocycles. The minimum atomic E-state index is -0.695. The first-order valence-corrected chi connectivity index (χ1v) is 5.87. The van der Waals surface area contributed by atoms with E-state index in [2.05, 4.69) is 0 Å². The molecule has 0 heterocycles. The van der Waals surface area contributed by atoms with E-state index in [1.807, 2.05) is 6.92 Å². The van der Waals surface area contributed by atoms with E-state index in [-0.39, 0.29) is 0 Å². The number of para-hydroxylation sites is 1. The third kappa shape index (κ3) is 2.57. The van der Waals surface area contributed by atoms with Gasteiger partial charge in [-0.2, -0.15) is 0 Å². The van der Waals surface area contributed by atoms with Crippen LogP contribution < -0.4 is 4.74 Å². The van der Waals surface area contributed by atoms with Crippen LogP contribution in [0, 0.1) is 5.82 Å². The second-order valence-electron chi connectivity index (χ2n) is 3.94. The van der Waals surface area contributed by atoms with Gasteiger partial charge in [-0.15, -0.1) is 0 Å². The molecule has 0 unspecified atom stereocenters. The van der Waals surface area contributed by atoms with Crippen molar-refractivity contribution in [2.24, 2.45) is 0 Å². The Morgan fingerprint density at radius 2 is 2.05 bits per heavy atom. The quantitative estimate of drug-likeness (QED) is 0.857. The number of carbonyl (C=O) groups is 1. The van der Waals surface area contributed by atoms with E-state index in [4.69, 9.17) is 4.74 Å². The Morgan fingerprint density at radius 3 is 2.74 bits per heavy atom. The van der Waals surface area contributed by atoms with Gasteiger partial charge >= 0.3 is 0 Å². The van der Waals surface area contributed by atoms with Gasteiger partial charge in [0.1, 0.15) is 12.0 Å². The molecule has 98 valence electrons. The fraction of sp³-hybridized carbons (Fsp3) is 0.133. The number of phenols is 1. The Kier molecular flexibility index (Phi) is 3.80. The van der Waals surface area contributed by atoms with Crippen LogP contribution in [0.5, 0.6) is 11.5 Å². The summed E-state index contributed by atoms with van der Waals surface area (Å²) in [6.45, 7) is 2.22. The minimum Gasteiger partial charge on any atom is -0.504 e. The van der Waals surface area contributed by atoms with Crippen molar-refractivity contribution in [3.05, 3.63) is 47.8 Å². The molecule has 0 atom stereocenters. The maximum atomic E-state index is 13.4. The lowest BCUT2D eigenvalue weighted by Gasteiger charge is -2.12. The molecule has 1 N–H and O–H groups in total. The number of carbonyl (C=O) groups excluding carboxylic acids is 1. The summed E-state index contributed by atoms with van der Waals surface area (Å²) in [6, 6.07) is 9.07. The summed E-state index contributed by atoms with van der Waals surface area (Å²) in [6.07, 6.45) is 0.706. The molecule has 0 aliphatic heterocycles. The largest absolute Gasteiger partial charge is 0.504 e. The van der Waals surface area contributed by atoms with Crippen molar-refractivity contribution >= 4 is 6.29 Å². The molecule has 0 spiro atoms. The Balaban J connectivity index is 2.60. The van der Waals surface area contributed by atoms with Crippen molar-refractivity contribution < 1.29 is 19.0 Å². The first-order valence-electron chi connectivity index (χ1n) is 5.87. The number of hydrogen-bond donors (Lipinski definition) is 1. The summed E-state index contributed by atoms with van der Waals surface area (Å²) < 4.78 is 18.8. The van der Waals surface area contributed by atoms with Crippen LogP contribution in [0.4, 0.5) is 4.39 Å². The Bertz CT molecular complexity index is 608. The van der Waals surface area contributed by atoms with Crippen LogP contribution in [0.2, 0.25) is 0 Å². The number of aromatic hydroxyl groups is 1. The molecule has 0 saturated heterocycles. The highest BCUT2D eigenvalue weighted by Gasteiger charge is 2.13. The van der Waals surface area contributed by atoms with E-state index in [9.17, 15) is 14.3 Å². The van der Waals surface area contributed by atoms with Gasteiger partial charge in [0.2, 0.25) is 0 Å². The third-order valence-corrected chi connectivity index (χ3v) is 2.72. The zero-order valence-corrected chi connectivity index (χ0v) is 10.4. The molecule has 0 saturated carbocycles. The molecule has 0 aromatic heterocycles. The van der Waals surface area contributed by atoms with Crippen molar-refractivity contribution in [3.8, 4) is 22.6 Å². The van der Waals surface area contributed by atoms with Gasteiger partial charge in [0.25, 0.3) is 0 Å². The van der Waals surface area contributed by atoms with Gasteiger partial charge in [-0.1, -0.05) is 18.2 Å². The van der Waals surface area contributed by atoms with Gasteiger partial charge in [-0.3, -0.25) is 4.79 Å². The Labute approximate surface area is 110 Å². The number of halogens is 1. The molecular weight excluding hydrogens is 247 g/mol. The van der Waals surface area contributed by atoms with E-state index < -0.39 is 11.6 Å². The van der Waals surface area contributed by atoms with Crippen LogP contribution in [0.1, 0.15) is 17.3 Å². The van der Waals surface area contributed by atoms with E-state index in [1.54, 1.807) is 24.3 Å². The number of benzene rings is 2. The molecule has 0 fully saturated rings. The first-order chi connectivity index (χ1) is 9.17. The predicted octanol–water partition coefficient (Wildman–Crippen LogP) is 3.41. The minimum absolute atomic E-state index is 0.334. The van der Waals surface area contributed by atoms with Crippen molar-refractivity contribution in [1.29, 1.82) is 0 Å². The Hall–Kier alpha value is -2.36. The van der Waals surface area contributed by atoms with Crippen LogP contribution in [0.15, 0.2) is 36.4 Å². The molecule has 4 heteroatoms. The highest BCUT2D eigenvalue weighted by Crippen LogP contribution is 2.37. The fourth-order valence-corrected chi connectivity index (χ4v) is 1.84. The highest BCUT2D eigenvalue weighted by atomic mass is 19.1. The fourth-order valence-electron chi connectivity index (χ4n) is 1.84. The van der Waals surface area contributed by atoms with Crippen LogP contribution in [-0.4, -0.2) is 18.0 Å². The number of aldehydes is 1. The molecule has 3 nitrogen and oxygen atoms in total. The van der Waals surface area contributed by atoms with Crippen molar-refractivity contribution in [1.82, 2.24) is 0 Å². The number of rotatable bonds is 4. The Morgan fingerprint density at radius 1 is 1.26 bits per heavy atom.